The number of hydrogen-bond acceptors (Lipinski definition) is 4. The van der Waals surface area contributed by atoms with Crippen molar-refractivity contribution < 1.29 is 23.0 Å². The fourth-order valence-corrected chi connectivity index (χ4v) is 2.54. The van der Waals surface area contributed by atoms with Crippen molar-refractivity contribution in [3.8, 4) is 5.75 Å². The van der Waals surface area contributed by atoms with Gasteiger partial charge in [-0.25, -0.2) is 8.78 Å². The number of carbonyl (C=O) groups is 1. The molecule has 1 N–H and O–H groups in total. The van der Waals surface area contributed by atoms with Crippen LogP contribution in [0.4, 0.5) is 14.5 Å². The van der Waals surface area contributed by atoms with Gasteiger partial charge in [0.1, 0.15) is 11.8 Å². The van der Waals surface area contributed by atoms with Gasteiger partial charge in [0.2, 0.25) is 0 Å². The summed E-state index contributed by atoms with van der Waals surface area (Å²) in [5.41, 5.74) is 0.525. The molecule has 0 aromatic heterocycles. The largest absolute Gasteiger partial charge is 0.497 e. The Morgan fingerprint density at radius 3 is 2.62 bits per heavy atom. The van der Waals surface area contributed by atoms with E-state index in [1.165, 1.54) is 7.11 Å². The Labute approximate surface area is 122 Å². The number of anilines is 1. The first-order chi connectivity index (χ1) is 9.97. The third-order valence-electron chi connectivity index (χ3n) is 3.65. The molecule has 21 heavy (non-hydrogen) atoms. The molecule has 6 heteroatoms. The number of carbonyl (C=O) groups excluding carboxylic acids is 1. The van der Waals surface area contributed by atoms with E-state index in [4.69, 9.17) is 9.47 Å². The van der Waals surface area contributed by atoms with E-state index in [1.807, 2.05) is 0 Å². The maximum absolute atomic E-state index is 14.0. The van der Waals surface area contributed by atoms with Crippen molar-refractivity contribution in [2.24, 2.45) is 5.92 Å². The van der Waals surface area contributed by atoms with Crippen molar-refractivity contribution in [3.05, 3.63) is 24.3 Å². The lowest BCUT2D eigenvalue weighted by atomic mass is 10.0. The Kier molecular flexibility index (Phi) is 4.65. The number of methoxy groups -OCH3 is 1. The van der Waals surface area contributed by atoms with Gasteiger partial charge in [-0.3, -0.25) is 4.79 Å². The molecule has 116 valence electrons. The molecule has 0 unspecified atom stereocenters. The summed E-state index contributed by atoms with van der Waals surface area (Å²) in [6.45, 7) is 1.85. The number of halogens is 2. The van der Waals surface area contributed by atoms with Crippen LogP contribution in [0.2, 0.25) is 0 Å². The van der Waals surface area contributed by atoms with Gasteiger partial charge >= 0.3 is 5.97 Å². The van der Waals surface area contributed by atoms with Gasteiger partial charge in [-0.2, -0.15) is 0 Å². The van der Waals surface area contributed by atoms with Gasteiger partial charge in [0, 0.05) is 12.1 Å². The fraction of sp³-hybridized carbons (Fsp3) is 0.533. The molecule has 1 saturated carbocycles. The minimum Gasteiger partial charge on any atom is -0.497 e. The molecule has 1 fully saturated rings. The lowest BCUT2D eigenvalue weighted by Gasteiger charge is -2.25. The molecule has 0 radical (unpaired) electrons. The predicted octanol–water partition coefficient (Wildman–Crippen LogP) is 3.08. The van der Waals surface area contributed by atoms with E-state index < -0.39 is 23.9 Å². The summed E-state index contributed by atoms with van der Waals surface area (Å²) in [5.74, 6) is -3.69. The number of ether oxygens (including phenoxy) is 2. The SMILES string of the molecule is CCOC(=O)[C@@H]1CCC(F)(F)[C@@H]1Nc1ccc(OC)cc1. The van der Waals surface area contributed by atoms with Gasteiger partial charge in [-0.05, 0) is 37.6 Å². The molecule has 0 spiro atoms. The molecule has 1 aliphatic carbocycles. The van der Waals surface area contributed by atoms with Crippen molar-refractivity contribution in [2.75, 3.05) is 19.0 Å². The van der Waals surface area contributed by atoms with Crippen LogP contribution in [0.15, 0.2) is 24.3 Å². The lowest BCUT2D eigenvalue weighted by Crippen LogP contribution is -2.42. The smallest absolute Gasteiger partial charge is 0.311 e. The quantitative estimate of drug-likeness (QED) is 0.849. The Morgan fingerprint density at radius 2 is 2.05 bits per heavy atom. The number of benzene rings is 1. The average Bonchev–Trinajstić information content (AvgIpc) is 2.76. The maximum atomic E-state index is 14.0. The first kappa shape index (κ1) is 15.5. The minimum absolute atomic E-state index is 0.125. The number of hydrogen-bond donors (Lipinski definition) is 1. The van der Waals surface area contributed by atoms with Crippen molar-refractivity contribution in [1.82, 2.24) is 0 Å². The van der Waals surface area contributed by atoms with E-state index in [9.17, 15) is 13.6 Å². The van der Waals surface area contributed by atoms with Crippen LogP contribution < -0.4 is 10.1 Å². The summed E-state index contributed by atoms with van der Waals surface area (Å²) in [6.07, 6.45) is -0.191. The number of rotatable bonds is 5. The summed E-state index contributed by atoms with van der Waals surface area (Å²) in [5, 5.41) is 2.77. The van der Waals surface area contributed by atoms with Crippen molar-refractivity contribution >= 4 is 11.7 Å². The Hall–Kier alpha value is -1.85. The maximum Gasteiger partial charge on any atom is 0.311 e. The first-order valence-electron chi connectivity index (χ1n) is 6.93. The summed E-state index contributed by atoms with van der Waals surface area (Å²) in [6, 6.07) is 5.40. The monoisotopic (exact) mass is 299 g/mol. The van der Waals surface area contributed by atoms with Gasteiger partial charge in [0.25, 0.3) is 5.92 Å². The third-order valence-corrected chi connectivity index (χ3v) is 3.65. The number of esters is 1. The zero-order valence-electron chi connectivity index (χ0n) is 12.1. The van der Waals surface area contributed by atoms with Gasteiger partial charge in [-0.15, -0.1) is 0 Å². The van der Waals surface area contributed by atoms with E-state index in [0.29, 0.717) is 11.4 Å². The van der Waals surface area contributed by atoms with Crippen LogP contribution >= 0.6 is 0 Å². The van der Waals surface area contributed by atoms with Gasteiger partial charge in [0.05, 0.1) is 19.6 Å². The molecular weight excluding hydrogens is 280 g/mol. The summed E-state index contributed by atoms with van der Waals surface area (Å²) < 4.78 is 37.9. The molecule has 4 nitrogen and oxygen atoms in total. The second-order valence-corrected chi connectivity index (χ2v) is 5.01. The van der Waals surface area contributed by atoms with Crippen molar-refractivity contribution in [1.29, 1.82) is 0 Å². The highest BCUT2D eigenvalue weighted by Crippen LogP contribution is 2.41. The second kappa shape index (κ2) is 6.28. The molecule has 1 aliphatic rings. The standard InChI is InChI=1S/C15H19F2NO3/c1-3-21-14(19)12-8-9-15(16,17)13(12)18-10-4-6-11(20-2)7-5-10/h4-7,12-13,18H,3,8-9H2,1-2H3/t12-,13-/m1/s1. The second-order valence-electron chi connectivity index (χ2n) is 5.01. The van der Waals surface area contributed by atoms with E-state index in [2.05, 4.69) is 5.32 Å². The Morgan fingerprint density at radius 1 is 1.38 bits per heavy atom. The summed E-state index contributed by atoms with van der Waals surface area (Å²) in [4.78, 5) is 11.8. The van der Waals surface area contributed by atoms with E-state index in [-0.39, 0.29) is 19.4 Å². The Balaban J connectivity index is 2.14. The van der Waals surface area contributed by atoms with Crippen LogP contribution in [-0.2, 0) is 9.53 Å². The van der Waals surface area contributed by atoms with Crippen LogP contribution in [0.5, 0.6) is 5.75 Å². The van der Waals surface area contributed by atoms with Crippen molar-refractivity contribution in [3.63, 3.8) is 0 Å². The molecule has 2 rings (SSSR count). The highest BCUT2D eigenvalue weighted by Gasteiger charge is 2.53. The summed E-state index contributed by atoms with van der Waals surface area (Å²) >= 11 is 0. The molecule has 0 saturated heterocycles. The topological polar surface area (TPSA) is 47.6 Å². The van der Waals surface area contributed by atoms with Crippen LogP contribution in [0.3, 0.4) is 0 Å². The molecular formula is C15H19F2NO3. The normalized spacial score (nSPS) is 23.6. The zero-order chi connectivity index (χ0) is 15.5. The predicted molar refractivity (Wildman–Crippen MR) is 74.7 cm³/mol. The molecule has 0 bridgehead atoms. The minimum atomic E-state index is -2.93. The Bertz CT molecular complexity index is 490. The third kappa shape index (κ3) is 3.43. The van der Waals surface area contributed by atoms with E-state index in [1.54, 1.807) is 31.2 Å². The van der Waals surface area contributed by atoms with Gasteiger partial charge in [-0.1, -0.05) is 0 Å². The highest BCUT2D eigenvalue weighted by molar-refractivity contribution is 5.75. The molecule has 1 aromatic rings. The molecule has 0 amide bonds. The fourth-order valence-electron chi connectivity index (χ4n) is 2.54. The van der Waals surface area contributed by atoms with Crippen LogP contribution in [0.1, 0.15) is 19.8 Å². The zero-order valence-corrected chi connectivity index (χ0v) is 12.1. The molecule has 1 aromatic carbocycles. The first-order valence-corrected chi connectivity index (χ1v) is 6.93. The molecule has 0 aliphatic heterocycles. The summed E-state index contributed by atoms with van der Waals surface area (Å²) in [7, 11) is 1.53. The van der Waals surface area contributed by atoms with Crippen molar-refractivity contribution in [2.45, 2.75) is 31.7 Å². The lowest BCUT2D eigenvalue weighted by molar-refractivity contribution is -0.149. The van der Waals surface area contributed by atoms with Crippen LogP contribution in [0, 0.1) is 5.92 Å². The van der Waals surface area contributed by atoms with Crippen LogP contribution in [0.25, 0.3) is 0 Å². The van der Waals surface area contributed by atoms with E-state index in [0.717, 1.165) is 0 Å². The average molecular weight is 299 g/mol. The molecule has 0 heterocycles. The molecule has 2 atom stereocenters. The van der Waals surface area contributed by atoms with Gasteiger partial charge < -0.3 is 14.8 Å². The van der Waals surface area contributed by atoms with Gasteiger partial charge in [0.15, 0.2) is 0 Å². The number of nitrogens with one attached hydrogen (secondary N) is 1. The van der Waals surface area contributed by atoms with Crippen LogP contribution in [-0.4, -0.2) is 31.7 Å². The number of alkyl halides is 2. The highest BCUT2D eigenvalue weighted by atomic mass is 19.3. The van der Waals surface area contributed by atoms with E-state index >= 15 is 0 Å².